The molecule has 1 saturated heterocycles. The highest BCUT2D eigenvalue weighted by atomic mass is 16.2. The highest BCUT2D eigenvalue weighted by Crippen LogP contribution is 2.22. The van der Waals surface area contributed by atoms with Crippen LogP contribution in [0.4, 0.5) is 10.5 Å². The van der Waals surface area contributed by atoms with Crippen molar-refractivity contribution in [3.8, 4) is 0 Å². The molecule has 2 aromatic carbocycles. The van der Waals surface area contributed by atoms with Crippen LogP contribution in [0.25, 0.3) is 0 Å². The fraction of sp³-hybridized carbons (Fsp3) is 0.333. The molecular formula is C21H25N3O2. The van der Waals surface area contributed by atoms with Gasteiger partial charge in [0.15, 0.2) is 0 Å². The van der Waals surface area contributed by atoms with E-state index in [2.05, 4.69) is 30.4 Å². The van der Waals surface area contributed by atoms with Crippen molar-refractivity contribution in [3.05, 3.63) is 65.2 Å². The van der Waals surface area contributed by atoms with E-state index < -0.39 is 0 Å². The quantitative estimate of drug-likeness (QED) is 0.895. The number of rotatable bonds is 5. The van der Waals surface area contributed by atoms with Gasteiger partial charge < -0.3 is 10.2 Å². The van der Waals surface area contributed by atoms with E-state index in [1.165, 1.54) is 5.56 Å². The molecular weight excluding hydrogens is 326 g/mol. The van der Waals surface area contributed by atoms with Crippen LogP contribution in [0.2, 0.25) is 0 Å². The van der Waals surface area contributed by atoms with Gasteiger partial charge >= 0.3 is 6.03 Å². The fourth-order valence-corrected chi connectivity index (χ4v) is 3.25. The van der Waals surface area contributed by atoms with Crippen LogP contribution in [0.1, 0.15) is 34.8 Å². The van der Waals surface area contributed by atoms with Crippen LogP contribution in [-0.4, -0.2) is 36.5 Å². The second kappa shape index (κ2) is 8.04. The van der Waals surface area contributed by atoms with Crippen molar-refractivity contribution in [1.82, 2.24) is 10.2 Å². The summed E-state index contributed by atoms with van der Waals surface area (Å²) in [5.74, 6) is -0.0925. The molecule has 5 heteroatoms. The van der Waals surface area contributed by atoms with E-state index in [0.717, 1.165) is 24.2 Å². The topological polar surface area (TPSA) is 52.7 Å². The van der Waals surface area contributed by atoms with Crippen molar-refractivity contribution >= 4 is 17.6 Å². The molecule has 1 aliphatic heterocycles. The number of nitrogens with zero attached hydrogens (tertiary/aromatic N) is 2. The van der Waals surface area contributed by atoms with Crippen molar-refractivity contribution in [3.63, 3.8) is 0 Å². The Morgan fingerprint density at radius 1 is 1.12 bits per heavy atom. The smallest absolute Gasteiger partial charge is 0.324 e. The highest BCUT2D eigenvalue weighted by Gasteiger charge is 2.26. The molecule has 0 radical (unpaired) electrons. The summed E-state index contributed by atoms with van der Waals surface area (Å²) in [7, 11) is 0. The highest BCUT2D eigenvalue weighted by molar-refractivity contribution is 5.96. The molecule has 1 aliphatic rings. The largest absolute Gasteiger partial charge is 0.352 e. The third-order valence-corrected chi connectivity index (χ3v) is 4.55. The maximum Gasteiger partial charge on any atom is 0.324 e. The van der Waals surface area contributed by atoms with Crippen LogP contribution in [0.5, 0.6) is 0 Å². The SMILES string of the molecule is CCNC(=O)c1ccc(N2CCCN(Cc3cccc(C)c3)C2=O)cc1. The van der Waals surface area contributed by atoms with Gasteiger partial charge in [-0.25, -0.2) is 4.79 Å². The van der Waals surface area contributed by atoms with Gasteiger partial charge in [-0.05, 0) is 50.1 Å². The maximum absolute atomic E-state index is 12.9. The molecule has 26 heavy (non-hydrogen) atoms. The number of nitrogens with one attached hydrogen (secondary N) is 1. The zero-order valence-electron chi connectivity index (χ0n) is 15.4. The van der Waals surface area contributed by atoms with Gasteiger partial charge in [-0.15, -0.1) is 0 Å². The number of amides is 3. The lowest BCUT2D eigenvalue weighted by Gasteiger charge is -2.35. The molecule has 136 valence electrons. The number of carbonyl (C=O) groups excluding carboxylic acids is 2. The predicted octanol–water partition coefficient (Wildman–Crippen LogP) is 3.58. The summed E-state index contributed by atoms with van der Waals surface area (Å²) in [6.07, 6.45) is 0.926. The average Bonchev–Trinajstić information content (AvgIpc) is 2.64. The molecule has 2 aromatic rings. The monoisotopic (exact) mass is 351 g/mol. The van der Waals surface area contributed by atoms with E-state index in [0.29, 0.717) is 25.2 Å². The number of urea groups is 1. The van der Waals surface area contributed by atoms with Crippen LogP contribution in [-0.2, 0) is 6.54 Å². The molecule has 0 spiro atoms. The van der Waals surface area contributed by atoms with Crippen LogP contribution in [0.15, 0.2) is 48.5 Å². The molecule has 1 fully saturated rings. The first-order valence-corrected chi connectivity index (χ1v) is 9.08. The van der Waals surface area contributed by atoms with E-state index in [9.17, 15) is 9.59 Å². The number of hydrogen-bond acceptors (Lipinski definition) is 2. The summed E-state index contributed by atoms with van der Waals surface area (Å²) in [5.41, 5.74) is 3.78. The first-order valence-electron chi connectivity index (χ1n) is 9.08. The summed E-state index contributed by atoms with van der Waals surface area (Å²) in [6.45, 7) is 6.63. The van der Waals surface area contributed by atoms with Gasteiger partial charge in [-0.1, -0.05) is 29.8 Å². The van der Waals surface area contributed by atoms with E-state index in [-0.39, 0.29) is 11.9 Å². The van der Waals surface area contributed by atoms with Crippen molar-refractivity contribution < 1.29 is 9.59 Å². The van der Waals surface area contributed by atoms with Crippen LogP contribution < -0.4 is 10.2 Å². The Labute approximate surface area is 154 Å². The first kappa shape index (κ1) is 18.0. The maximum atomic E-state index is 12.9. The molecule has 0 saturated carbocycles. The Bertz CT molecular complexity index is 786. The third-order valence-electron chi connectivity index (χ3n) is 4.55. The van der Waals surface area contributed by atoms with Gasteiger partial charge in [0.05, 0.1) is 0 Å². The summed E-state index contributed by atoms with van der Waals surface area (Å²) in [4.78, 5) is 28.5. The summed E-state index contributed by atoms with van der Waals surface area (Å²) >= 11 is 0. The Hall–Kier alpha value is -2.82. The van der Waals surface area contributed by atoms with Crippen molar-refractivity contribution in [2.75, 3.05) is 24.5 Å². The second-order valence-corrected chi connectivity index (χ2v) is 6.60. The number of anilines is 1. The van der Waals surface area contributed by atoms with Crippen molar-refractivity contribution in [1.29, 1.82) is 0 Å². The predicted molar refractivity (Wildman–Crippen MR) is 103 cm³/mol. The van der Waals surface area contributed by atoms with E-state index >= 15 is 0 Å². The summed E-state index contributed by atoms with van der Waals surface area (Å²) in [5, 5.41) is 2.78. The Balaban J connectivity index is 1.72. The number of carbonyl (C=O) groups is 2. The van der Waals surface area contributed by atoms with Gasteiger partial charge in [0.1, 0.15) is 0 Å². The zero-order valence-corrected chi connectivity index (χ0v) is 15.4. The minimum Gasteiger partial charge on any atom is -0.352 e. The average molecular weight is 351 g/mol. The van der Waals surface area contributed by atoms with Crippen LogP contribution >= 0.6 is 0 Å². The minimum atomic E-state index is -0.0925. The molecule has 1 N–H and O–H groups in total. The van der Waals surface area contributed by atoms with Crippen LogP contribution in [0.3, 0.4) is 0 Å². The minimum absolute atomic E-state index is 0.0171. The number of benzene rings is 2. The van der Waals surface area contributed by atoms with Crippen LogP contribution in [0, 0.1) is 6.92 Å². The molecule has 0 unspecified atom stereocenters. The van der Waals surface area contributed by atoms with Gasteiger partial charge in [0.25, 0.3) is 5.91 Å². The third kappa shape index (κ3) is 4.04. The van der Waals surface area contributed by atoms with E-state index in [4.69, 9.17) is 0 Å². The molecule has 3 amide bonds. The Morgan fingerprint density at radius 3 is 2.58 bits per heavy atom. The standard InChI is InChI=1S/C21H25N3O2/c1-3-22-20(25)18-8-10-19(11-9-18)24-13-5-12-23(21(24)26)15-17-7-4-6-16(2)14-17/h4,6-11,14H,3,5,12-13,15H2,1-2H3,(H,22,25). The first-order chi connectivity index (χ1) is 12.6. The molecule has 0 bridgehead atoms. The van der Waals surface area contributed by atoms with E-state index in [1.807, 2.05) is 30.0 Å². The zero-order chi connectivity index (χ0) is 18.5. The second-order valence-electron chi connectivity index (χ2n) is 6.60. The normalized spacial score (nSPS) is 14.5. The molecule has 5 nitrogen and oxygen atoms in total. The lowest BCUT2D eigenvalue weighted by Crippen LogP contribution is -2.49. The summed E-state index contributed by atoms with van der Waals surface area (Å²) in [6, 6.07) is 15.5. The number of aryl methyl sites for hydroxylation is 1. The molecule has 0 atom stereocenters. The van der Waals surface area contributed by atoms with Crippen molar-refractivity contribution in [2.24, 2.45) is 0 Å². The van der Waals surface area contributed by atoms with Gasteiger partial charge in [0.2, 0.25) is 0 Å². The lowest BCUT2D eigenvalue weighted by atomic mass is 10.1. The molecule has 0 aromatic heterocycles. The Morgan fingerprint density at radius 2 is 1.88 bits per heavy atom. The van der Waals surface area contributed by atoms with E-state index in [1.54, 1.807) is 17.0 Å². The Kier molecular flexibility index (Phi) is 5.56. The number of hydrogen-bond donors (Lipinski definition) is 1. The molecule has 1 heterocycles. The van der Waals surface area contributed by atoms with Gasteiger partial charge in [-0.2, -0.15) is 0 Å². The van der Waals surface area contributed by atoms with Gasteiger partial charge in [-0.3, -0.25) is 9.69 Å². The lowest BCUT2D eigenvalue weighted by molar-refractivity contribution is 0.0956. The molecule has 0 aliphatic carbocycles. The molecule has 3 rings (SSSR count). The summed E-state index contributed by atoms with van der Waals surface area (Å²) < 4.78 is 0. The fourth-order valence-electron chi connectivity index (χ4n) is 3.25. The van der Waals surface area contributed by atoms with Gasteiger partial charge in [0, 0.05) is 37.4 Å². The van der Waals surface area contributed by atoms with Crippen molar-refractivity contribution in [2.45, 2.75) is 26.8 Å².